The summed E-state index contributed by atoms with van der Waals surface area (Å²) >= 11 is 0. The van der Waals surface area contributed by atoms with Gasteiger partial charge in [0.1, 0.15) is 0 Å². The number of nitrogens with one attached hydrogen (secondary N) is 2. The first kappa shape index (κ1) is 13.3. The number of carbonyl (C=O) groups excluding carboxylic acids is 1. The lowest BCUT2D eigenvalue weighted by molar-refractivity contribution is -0.384. The molecule has 0 heterocycles. The van der Waals surface area contributed by atoms with Gasteiger partial charge in [-0.15, -0.1) is 0 Å². The highest BCUT2D eigenvalue weighted by Crippen LogP contribution is 2.28. The number of benzene rings is 1. The van der Waals surface area contributed by atoms with E-state index >= 15 is 0 Å². The second-order valence-electron chi connectivity index (χ2n) is 4.83. The molecule has 0 aromatic heterocycles. The summed E-state index contributed by atoms with van der Waals surface area (Å²) in [4.78, 5) is 21.6. The SMILES string of the molecule is NC1(CNC(=O)Nc2ccc([N+](=O)[O-])cc2)CCC1. The molecule has 0 atom stereocenters. The maximum atomic E-state index is 11.6. The minimum Gasteiger partial charge on any atom is -0.336 e. The van der Waals surface area contributed by atoms with Crippen molar-refractivity contribution in [3.8, 4) is 0 Å². The van der Waals surface area contributed by atoms with Crippen LogP contribution in [0.15, 0.2) is 24.3 Å². The molecular weight excluding hydrogens is 248 g/mol. The number of amides is 2. The van der Waals surface area contributed by atoms with E-state index in [0.29, 0.717) is 12.2 Å². The second-order valence-corrected chi connectivity index (χ2v) is 4.83. The highest BCUT2D eigenvalue weighted by Gasteiger charge is 2.32. The quantitative estimate of drug-likeness (QED) is 0.566. The lowest BCUT2D eigenvalue weighted by atomic mass is 9.78. The maximum absolute atomic E-state index is 11.6. The highest BCUT2D eigenvalue weighted by molar-refractivity contribution is 5.89. The minimum atomic E-state index is -0.487. The third-order valence-electron chi connectivity index (χ3n) is 3.29. The molecule has 2 rings (SSSR count). The average molecular weight is 264 g/mol. The Hall–Kier alpha value is -2.15. The number of urea groups is 1. The number of hydrogen-bond acceptors (Lipinski definition) is 4. The molecule has 0 saturated heterocycles. The van der Waals surface area contributed by atoms with Crippen molar-refractivity contribution < 1.29 is 9.72 Å². The molecule has 0 bridgehead atoms. The van der Waals surface area contributed by atoms with Crippen molar-refractivity contribution in [3.05, 3.63) is 34.4 Å². The normalized spacial score (nSPS) is 16.3. The molecular formula is C12H16N4O3. The number of rotatable bonds is 4. The molecule has 19 heavy (non-hydrogen) atoms. The monoisotopic (exact) mass is 264 g/mol. The average Bonchev–Trinajstić information content (AvgIpc) is 2.35. The van der Waals surface area contributed by atoms with E-state index in [-0.39, 0.29) is 17.3 Å². The molecule has 1 aromatic carbocycles. The number of carbonyl (C=O) groups is 1. The topological polar surface area (TPSA) is 110 Å². The van der Waals surface area contributed by atoms with Crippen LogP contribution in [-0.4, -0.2) is 23.0 Å². The molecule has 2 amide bonds. The summed E-state index contributed by atoms with van der Waals surface area (Å²) in [6.45, 7) is 0.436. The summed E-state index contributed by atoms with van der Waals surface area (Å²) in [6.07, 6.45) is 2.94. The van der Waals surface area contributed by atoms with Crippen LogP contribution >= 0.6 is 0 Å². The maximum Gasteiger partial charge on any atom is 0.319 e. The number of nitrogens with two attached hydrogens (primary N) is 1. The standard InChI is InChI=1S/C12H16N4O3/c13-12(6-1-7-12)8-14-11(17)15-9-2-4-10(5-3-9)16(18)19/h2-5H,1,6-8,13H2,(H2,14,15,17). The van der Waals surface area contributed by atoms with Gasteiger partial charge in [-0.3, -0.25) is 10.1 Å². The molecule has 1 aromatic rings. The van der Waals surface area contributed by atoms with Gasteiger partial charge in [0.15, 0.2) is 0 Å². The number of nitro groups is 1. The van der Waals surface area contributed by atoms with Gasteiger partial charge in [-0.1, -0.05) is 0 Å². The molecule has 0 radical (unpaired) electrons. The van der Waals surface area contributed by atoms with Crippen LogP contribution < -0.4 is 16.4 Å². The van der Waals surface area contributed by atoms with Crippen molar-refractivity contribution >= 4 is 17.4 Å². The summed E-state index contributed by atoms with van der Waals surface area (Å²) in [5.41, 5.74) is 6.20. The zero-order valence-electron chi connectivity index (χ0n) is 10.4. The zero-order chi connectivity index (χ0) is 13.9. The van der Waals surface area contributed by atoms with Crippen molar-refractivity contribution in [1.82, 2.24) is 5.32 Å². The lowest BCUT2D eigenvalue weighted by Gasteiger charge is -2.38. The zero-order valence-corrected chi connectivity index (χ0v) is 10.4. The number of hydrogen-bond donors (Lipinski definition) is 3. The van der Waals surface area contributed by atoms with Crippen LogP contribution in [0.1, 0.15) is 19.3 Å². The Labute approximate surface area is 110 Å². The lowest BCUT2D eigenvalue weighted by Crippen LogP contribution is -2.55. The Morgan fingerprint density at radius 1 is 1.37 bits per heavy atom. The first-order chi connectivity index (χ1) is 8.98. The van der Waals surface area contributed by atoms with Gasteiger partial charge >= 0.3 is 6.03 Å². The number of anilines is 1. The van der Waals surface area contributed by atoms with E-state index in [1.54, 1.807) is 0 Å². The van der Waals surface area contributed by atoms with Crippen molar-refractivity contribution in [1.29, 1.82) is 0 Å². The van der Waals surface area contributed by atoms with Gasteiger partial charge in [-0.25, -0.2) is 4.79 Å². The van der Waals surface area contributed by atoms with Crippen LogP contribution in [0, 0.1) is 10.1 Å². The molecule has 0 spiro atoms. The van der Waals surface area contributed by atoms with Gasteiger partial charge in [0.2, 0.25) is 0 Å². The van der Waals surface area contributed by atoms with E-state index in [1.807, 2.05) is 0 Å². The summed E-state index contributed by atoms with van der Waals surface area (Å²) in [5, 5.41) is 15.8. The summed E-state index contributed by atoms with van der Waals surface area (Å²) < 4.78 is 0. The van der Waals surface area contributed by atoms with Crippen LogP contribution in [0.25, 0.3) is 0 Å². The number of nitro benzene ring substituents is 1. The minimum absolute atomic E-state index is 0.0127. The van der Waals surface area contributed by atoms with Crippen molar-refractivity contribution in [3.63, 3.8) is 0 Å². The van der Waals surface area contributed by atoms with Crippen molar-refractivity contribution in [2.24, 2.45) is 5.73 Å². The Morgan fingerprint density at radius 3 is 2.47 bits per heavy atom. The number of non-ortho nitro benzene ring substituents is 1. The molecule has 1 saturated carbocycles. The Balaban J connectivity index is 1.83. The van der Waals surface area contributed by atoms with E-state index in [9.17, 15) is 14.9 Å². The fourth-order valence-corrected chi connectivity index (χ4v) is 1.91. The number of nitrogens with zero attached hydrogens (tertiary/aromatic N) is 1. The first-order valence-electron chi connectivity index (χ1n) is 6.07. The molecule has 1 aliphatic rings. The van der Waals surface area contributed by atoms with E-state index in [2.05, 4.69) is 10.6 Å². The fraction of sp³-hybridized carbons (Fsp3) is 0.417. The predicted molar refractivity (Wildman–Crippen MR) is 70.9 cm³/mol. The molecule has 0 unspecified atom stereocenters. The van der Waals surface area contributed by atoms with Crippen LogP contribution in [0.3, 0.4) is 0 Å². The van der Waals surface area contributed by atoms with Gasteiger partial charge in [0, 0.05) is 29.9 Å². The smallest absolute Gasteiger partial charge is 0.319 e. The molecule has 4 N–H and O–H groups in total. The van der Waals surface area contributed by atoms with Crippen LogP contribution in [0.4, 0.5) is 16.2 Å². The summed E-state index contributed by atoms with van der Waals surface area (Å²) in [5.74, 6) is 0. The Kier molecular flexibility index (Phi) is 3.66. The van der Waals surface area contributed by atoms with Crippen LogP contribution in [0.2, 0.25) is 0 Å². The predicted octanol–water partition coefficient (Wildman–Crippen LogP) is 1.60. The third-order valence-corrected chi connectivity index (χ3v) is 3.29. The molecule has 1 aliphatic carbocycles. The van der Waals surface area contributed by atoms with Gasteiger partial charge in [-0.2, -0.15) is 0 Å². The van der Waals surface area contributed by atoms with E-state index < -0.39 is 4.92 Å². The Morgan fingerprint density at radius 2 is 2.00 bits per heavy atom. The van der Waals surface area contributed by atoms with Crippen LogP contribution in [0.5, 0.6) is 0 Å². The molecule has 7 heteroatoms. The molecule has 7 nitrogen and oxygen atoms in total. The van der Waals surface area contributed by atoms with Crippen molar-refractivity contribution in [2.75, 3.05) is 11.9 Å². The fourth-order valence-electron chi connectivity index (χ4n) is 1.91. The van der Waals surface area contributed by atoms with Gasteiger partial charge in [0.05, 0.1) is 4.92 Å². The first-order valence-corrected chi connectivity index (χ1v) is 6.07. The third kappa shape index (κ3) is 3.41. The van der Waals surface area contributed by atoms with E-state index in [1.165, 1.54) is 24.3 Å². The molecule has 1 fully saturated rings. The van der Waals surface area contributed by atoms with Gasteiger partial charge in [0.25, 0.3) is 5.69 Å². The van der Waals surface area contributed by atoms with Gasteiger partial charge < -0.3 is 16.4 Å². The largest absolute Gasteiger partial charge is 0.336 e. The van der Waals surface area contributed by atoms with Gasteiger partial charge in [-0.05, 0) is 31.4 Å². The van der Waals surface area contributed by atoms with Crippen molar-refractivity contribution in [2.45, 2.75) is 24.8 Å². The van der Waals surface area contributed by atoms with Crippen LogP contribution in [-0.2, 0) is 0 Å². The summed E-state index contributed by atoms with van der Waals surface area (Å²) in [6, 6.07) is 5.29. The Bertz CT molecular complexity index is 482. The summed E-state index contributed by atoms with van der Waals surface area (Å²) in [7, 11) is 0. The van der Waals surface area contributed by atoms with E-state index in [0.717, 1.165) is 19.3 Å². The highest BCUT2D eigenvalue weighted by atomic mass is 16.6. The van der Waals surface area contributed by atoms with E-state index in [4.69, 9.17) is 5.73 Å². The molecule has 0 aliphatic heterocycles. The second kappa shape index (κ2) is 5.23. The molecule has 102 valence electrons.